The molecule has 3 fully saturated rings. The second-order valence-electron chi connectivity index (χ2n) is 8.16. The van der Waals surface area contributed by atoms with E-state index >= 15 is 0 Å². The standard InChI is InChI=1S/C20H28N4O/c1-13-14(2)24(16-5-3-4-6-16)20(18(13)10-21)22-19(25)12-23-11-15-7-8-17(23)9-15/h15-17H,3-9,11-12H2,1-2H3,(H,22,25). The summed E-state index contributed by atoms with van der Waals surface area (Å²) in [6.45, 7) is 5.59. The van der Waals surface area contributed by atoms with Crippen molar-refractivity contribution in [2.45, 2.75) is 70.9 Å². The zero-order valence-electron chi connectivity index (χ0n) is 15.3. The monoisotopic (exact) mass is 340 g/mol. The van der Waals surface area contributed by atoms with Crippen LogP contribution < -0.4 is 5.32 Å². The number of hydrogen-bond donors (Lipinski definition) is 1. The molecule has 1 aromatic rings. The van der Waals surface area contributed by atoms with Gasteiger partial charge in [0.1, 0.15) is 11.9 Å². The maximum absolute atomic E-state index is 12.7. The van der Waals surface area contributed by atoms with Gasteiger partial charge in [-0.05, 0) is 57.4 Å². The fourth-order valence-electron chi connectivity index (χ4n) is 5.28. The normalized spacial score (nSPS) is 26.3. The van der Waals surface area contributed by atoms with Gasteiger partial charge >= 0.3 is 0 Å². The number of piperidine rings is 1. The van der Waals surface area contributed by atoms with Crippen LogP contribution in [0.25, 0.3) is 0 Å². The lowest BCUT2D eigenvalue weighted by atomic mass is 10.1. The van der Waals surface area contributed by atoms with Gasteiger partial charge in [0.25, 0.3) is 0 Å². The number of hydrogen-bond acceptors (Lipinski definition) is 3. The average Bonchev–Trinajstić information content (AvgIpc) is 3.34. The second-order valence-corrected chi connectivity index (χ2v) is 8.16. The summed E-state index contributed by atoms with van der Waals surface area (Å²) < 4.78 is 2.23. The Morgan fingerprint density at radius 3 is 2.56 bits per heavy atom. The van der Waals surface area contributed by atoms with Crippen LogP contribution in [0.15, 0.2) is 0 Å². The molecule has 5 nitrogen and oxygen atoms in total. The number of carbonyl (C=O) groups is 1. The fourth-order valence-corrected chi connectivity index (χ4v) is 5.28. The third kappa shape index (κ3) is 2.87. The number of nitrogens with one attached hydrogen (secondary N) is 1. The van der Waals surface area contributed by atoms with Crippen LogP contribution in [0.3, 0.4) is 0 Å². The van der Waals surface area contributed by atoms with Gasteiger partial charge < -0.3 is 9.88 Å². The lowest BCUT2D eigenvalue weighted by Gasteiger charge is -2.26. The van der Waals surface area contributed by atoms with E-state index in [1.807, 2.05) is 6.92 Å². The minimum atomic E-state index is 0.0285. The summed E-state index contributed by atoms with van der Waals surface area (Å²) in [5, 5.41) is 12.8. The molecular weight excluding hydrogens is 312 g/mol. The van der Waals surface area contributed by atoms with E-state index in [9.17, 15) is 10.1 Å². The van der Waals surface area contributed by atoms with Crippen molar-refractivity contribution < 1.29 is 4.79 Å². The first kappa shape index (κ1) is 16.7. The van der Waals surface area contributed by atoms with Crippen LogP contribution in [0, 0.1) is 31.1 Å². The molecule has 1 aliphatic heterocycles. The van der Waals surface area contributed by atoms with Gasteiger partial charge in [0.2, 0.25) is 5.91 Å². The highest BCUT2D eigenvalue weighted by molar-refractivity contribution is 5.93. The van der Waals surface area contributed by atoms with Crippen LogP contribution in [0.5, 0.6) is 0 Å². The molecule has 1 N–H and O–H groups in total. The summed E-state index contributed by atoms with van der Waals surface area (Å²) in [6, 6.07) is 3.33. The van der Waals surface area contributed by atoms with Crippen LogP contribution in [0.4, 0.5) is 5.82 Å². The van der Waals surface area contributed by atoms with E-state index < -0.39 is 0 Å². The molecule has 1 amide bonds. The first-order valence-corrected chi connectivity index (χ1v) is 9.74. The van der Waals surface area contributed by atoms with Crippen molar-refractivity contribution in [2.75, 3.05) is 18.4 Å². The number of carbonyl (C=O) groups excluding carboxylic acids is 1. The molecule has 2 unspecified atom stereocenters. The number of aromatic nitrogens is 1. The Morgan fingerprint density at radius 2 is 1.96 bits per heavy atom. The molecule has 134 valence electrons. The van der Waals surface area contributed by atoms with Crippen molar-refractivity contribution in [3.63, 3.8) is 0 Å². The Labute approximate surface area is 150 Å². The summed E-state index contributed by atoms with van der Waals surface area (Å²) in [6.07, 6.45) is 8.55. The first-order valence-electron chi connectivity index (χ1n) is 9.74. The number of fused-ring (bicyclic) bond motifs is 2. The smallest absolute Gasteiger partial charge is 0.239 e. The van der Waals surface area contributed by atoms with E-state index in [1.54, 1.807) is 0 Å². The third-order valence-corrected chi connectivity index (χ3v) is 6.69. The van der Waals surface area contributed by atoms with Crippen molar-refractivity contribution in [1.29, 1.82) is 5.26 Å². The van der Waals surface area contributed by atoms with E-state index in [4.69, 9.17) is 0 Å². The highest BCUT2D eigenvalue weighted by atomic mass is 16.2. The highest BCUT2D eigenvalue weighted by Crippen LogP contribution is 2.39. The summed E-state index contributed by atoms with van der Waals surface area (Å²) in [5.74, 6) is 1.55. The predicted octanol–water partition coefficient (Wildman–Crippen LogP) is 3.51. The van der Waals surface area contributed by atoms with E-state index in [2.05, 4.69) is 27.8 Å². The largest absolute Gasteiger partial charge is 0.327 e. The molecule has 5 heteroatoms. The van der Waals surface area contributed by atoms with Crippen molar-refractivity contribution in [3.8, 4) is 6.07 Å². The van der Waals surface area contributed by atoms with Crippen LogP contribution in [0.1, 0.15) is 67.8 Å². The fraction of sp³-hybridized carbons (Fsp3) is 0.700. The summed E-state index contributed by atoms with van der Waals surface area (Å²) in [4.78, 5) is 15.1. The number of anilines is 1. The van der Waals surface area contributed by atoms with Crippen LogP contribution >= 0.6 is 0 Å². The Bertz CT molecular complexity index is 723. The Morgan fingerprint density at radius 1 is 1.20 bits per heavy atom. The lowest BCUT2D eigenvalue weighted by Crippen LogP contribution is -2.39. The topological polar surface area (TPSA) is 61.1 Å². The van der Waals surface area contributed by atoms with Crippen molar-refractivity contribution in [2.24, 2.45) is 5.92 Å². The van der Waals surface area contributed by atoms with Crippen LogP contribution in [-0.2, 0) is 4.79 Å². The van der Waals surface area contributed by atoms with Crippen molar-refractivity contribution >= 4 is 11.7 Å². The predicted molar refractivity (Wildman–Crippen MR) is 97.5 cm³/mol. The Kier molecular flexibility index (Phi) is 4.33. The van der Waals surface area contributed by atoms with Gasteiger partial charge in [0.05, 0.1) is 12.1 Å². The molecule has 2 saturated carbocycles. The van der Waals surface area contributed by atoms with Gasteiger partial charge in [-0.2, -0.15) is 5.26 Å². The summed E-state index contributed by atoms with van der Waals surface area (Å²) in [7, 11) is 0. The quantitative estimate of drug-likeness (QED) is 0.912. The SMILES string of the molecule is Cc1c(C#N)c(NC(=O)CN2CC3CCC2C3)n(C2CCCC2)c1C. The maximum Gasteiger partial charge on any atom is 0.239 e. The summed E-state index contributed by atoms with van der Waals surface area (Å²) in [5.41, 5.74) is 2.77. The zero-order valence-corrected chi connectivity index (χ0v) is 15.3. The lowest BCUT2D eigenvalue weighted by molar-refractivity contribution is -0.117. The Hall–Kier alpha value is -1.80. The van der Waals surface area contributed by atoms with Crippen LogP contribution in [-0.4, -0.2) is 34.5 Å². The molecule has 2 heterocycles. The van der Waals surface area contributed by atoms with Gasteiger partial charge in [0.15, 0.2) is 0 Å². The van der Waals surface area contributed by atoms with Gasteiger partial charge in [-0.1, -0.05) is 12.8 Å². The minimum Gasteiger partial charge on any atom is -0.327 e. The summed E-state index contributed by atoms with van der Waals surface area (Å²) >= 11 is 0. The van der Waals surface area contributed by atoms with Gasteiger partial charge in [-0.25, -0.2) is 0 Å². The maximum atomic E-state index is 12.7. The zero-order chi connectivity index (χ0) is 17.6. The Balaban J connectivity index is 1.55. The van der Waals surface area contributed by atoms with Crippen LogP contribution in [0.2, 0.25) is 0 Å². The van der Waals surface area contributed by atoms with E-state index in [-0.39, 0.29) is 5.91 Å². The number of amides is 1. The van der Waals surface area contributed by atoms with E-state index in [0.717, 1.165) is 42.4 Å². The molecule has 2 aliphatic carbocycles. The van der Waals surface area contributed by atoms with E-state index in [0.29, 0.717) is 24.2 Å². The molecule has 1 saturated heterocycles. The molecule has 1 aromatic heterocycles. The molecule has 0 radical (unpaired) electrons. The molecule has 3 aliphatic rings. The number of rotatable bonds is 4. The number of nitriles is 1. The van der Waals surface area contributed by atoms with Gasteiger partial charge in [-0.15, -0.1) is 0 Å². The molecule has 0 aromatic carbocycles. The second kappa shape index (κ2) is 6.49. The van der Waals surface area contributed by atoms with Crippen molar-refractivity contribution in [1.82, 2.24) is 9.47 Å². The molecule has 0 spiro atoms. The average molecular weight is 340 g/mol. The van der Waals surface area contributed by atoms with Gasteiger partial charge in [-0.3, -0.25) is 9.69 Å². The molecule has 4 rings (SSSR count). The molecular formula is C20H28N4O. The number of likely N-dealkylation sites (tertiary alicyclic amines) is 1. The first-order chi connectivity index (χ1) is 12.1. The highest BCUT2D eigenvalue weighted by Gasteiger charge is 2.38. The van der Waals surface area contributed by atoms with E-state index in [1.165, 1.54) is 32.1 Å². The molecule has 2 atom stereocenters. The number of nitrogens with zero attached hydrogens (tertiary/aromatic N) is 3. The minimum absolute atomic E-state index is 0.0285. The molecule has 25 heavy (non-hydrogen) atoms. The molecule has 2 bridgehead atoms. The van der Waals surface area contributed by atoms with Crippen molar-refractivity contribution in [3.05, 3.63) is 16.8 Å². The third-order valence-electron chi connectivity index (χ3n) is 6.69. The van der Waals surface area contributed by atoms with Gasteiger partial charge in [0, 0.05) is 24.3 Å².